The molecule has 0 amide bonds. The molecule has 3 atom stereocenters. The molecule has 22 heavy (non-hydrogen) atoms. The van der Waals surface area contributed by atoms with E-state index in [4.69, 9.17) is 14.2 Å². The number of rotatable bonds is 3. The molecule has 1 N–H and O–H groups in total. The Labute approximate surface area is 131 Å². The number of allylic oxidation sites excluding steroid dienone is 2. The van der Waals surface area contributed by atoms with Crippen LogP contribution in [0.15, 0.2) is 35.9 Å². The summed E-state index contributed by atoms with van der Waals surface area (Å²) in [6.45, 7) is 4.46. The molecule has 0 aromatic heterocycles. The van der Waals surface area contributed by atoms with Crippen LogP contribution in [-0.4, -0.2) is 31.0 Å². The van der Waals surface area contributed by atoms with Crippen molar-refractivity contribution >= 4 is 0 Å². The smallest absolute Gasteiger partial charge is 0.184 e. The molecule has 2 rings (SSSR count). The fraction of sp³-hybridized carbons (Fsp3) is 0.444. The maximum absolute atomic E-state index is 10.1. The highest BCUT2D eigenvalue weighted by Crippen LogP contribution is 2.28. The van der Waals surface area contributed by atoms with Crippen LogP contribution in [0.3, 0.4) is 0 Å². The van der Waals surface area contributed by atoms with Crippen molar-refractivity contribution in [3.63, 3.8) is 0 Å². The third-order valence-corrected chi connectivity index (χ3v) is 3.30. The van der Waals surface area contributed by atoms with Gasteiger partial charge in [0.15, 0.2) is 6.29 Å². The normalized spacial score (nSPS) is 22.2. The summed E-state index contributed by atoms with van der Waals surface area (Å²) in [7, 11) is 1.63. The van der Waals surface area contributed by atoms with Crippen LogP contribution in [0.1, 0.15) is 32.1 Å². The van der Waals surface area contributed by atoms with Gasteiger partial charge in [-0.25, -0.2) is 0 Å². The van der Waals surface area contributed by atoms with E-state index in [1.165, 1.54) is 0 Å². The van der Waals surface area contributed by atoms with Gasteiger partial charge >= 0.3 is 0 Å². The average Bonchev–Trinajstić information content (AvgIpc) is 2.54. The van der Waals surface area contributed by atoms with Crippen molar-refractivity contribution in [1.82, 2.24) is 0 Å². The van der Waals surface area contributed by atoms with Crippen LogP contribution in [0.5, 0.6) is 5.75 Å². The highest BCUT2D eigenvalue weighted by atomic mass is 16.7. The Hall–Kier alpha value is -1.80. The Kier molecular flexibility index (Phi) is 6.02. The first-order chi connectivity index (χ1) is 10.6. The van der Waals surface area contributed by atoms with Crippen molar-refractivity contribution in [1.29, 1.82) is 0 Å². The van der Waals surface area contributed by atoms with E-state index < -0.39 is 12.4 Å². The van der Waals surface area contributed by atoms with Crippen LogP contribution >= 0.6 is 0 Å². The lowest BCUT2D eigenvalue weighted by molar-refractivity contribution is -0.231. The number of aliphatic hydroxyl groups excluding tert-OH is 1. The third-order valence-electron chi connectivity index (χ3n) is 3.30. The molecule has 1 aliphatic heterocycles. The molecule has 1 unspecified atom stereocenters. The van der Waals surface area contributed by atoms with Gasteiger partial charge in [0, 0.05) is 12.0 Å². The van der Waals surface area contributed by atoms with E-state index >= 15 is 0 Å². The molecule has 1 aromatic carbocycles. The Morgan fingerprint density at radius 3 is 2.73 bits per heavy atom. The molecule has 0 radical (unpaired) electrons. The molecule has 118 valence electrons. The molecule has 1 aliphatic rings. The molecule has 0 spiro atoms. The summed E-state index contributed by atoms with van der Waals surface area (Å²) in [6, 6.07) is 7.51. The minimum absolute atomic E-state index is 0.348. The minimum atomic E-state index is -0.819. The standard InChI is InChI=1S/C18H22O4/c1-13(2)5-4-6-16(19)17-11-12-21-18(22-17)14-7-9-15(20-3)10-8-14/h5,7-10,16-19H,11-12H2,1-3H3/t16?,17-,18-/m0/s1. The first kappa shape index (κ1) is 16.6. The molecule has 1 aromatic rings. The van der Waals surface area contributed by atoms with Gasteiger partial charge in [-0.3, -0.25) is 0 Å². The van der Waals surface area contributed by atoms with Gasteiger partial charge in [-0.05, 0) is 32.1 Å². The highest BCUT2D eigenvalue weighted by molar-refractivity contribution is 5.28. The lowest BCUT2D eigenvalue weighted by atomic mass is 10.1. The Morgan fingerprint density at radius 2 is 2.09 bits per heavy atom. The average molecular weight is 302 g/mol. The van der Waals surface area contributed by atoms with Crippen molar-refractivity contribution in [3.05, 3.63) is 41.5 Å². The van der Waals surface area contributed by atoms with Crippen molar-refractivity contribution in [2.45, 2.75) is 38.8 Å². The molecule has 0 saturated carbocycles. The molecule has 4 nitrogen and oxygen atoms in total. The fourth-order valence-electron chi connectivity index (χ4n) is 2.09. The van der Waals surface area contributed by atoms with Crippen LogP contribution in [0.2, 0.25) is 0 Å². The first-order valence-corrected chi connectivity index (χ1v) is 7.33. The summed E-state index contributed by atoms with van der Waals surface area (Å²) in [4.78, 5) is 0. The van der Waals surface area contributed by atoms with Crippen LogP contribution in [0.4, 0.5) is 0 Å². The maximum atomic E-state index is 10.1. The highest BCUT2D eigenvalue weighted by Gasteiger charge is 2.28. The Morgan fingerprint density at radius 1 is 1.36 bits per heavy atom. The van der Waals surface area contributed by atoms with Crippen LogP contribution in [-0.2, 0) is 9.47 Å². The number of benzene rings is 1. The molecule has 1 saturated heterocycles. The summed E-state index contributed by atoms with van der Waals surface area (Å²) in [5.74, 6) is 6.44. The Balaban J connectivity index is 2.01. The van der Waals surface area contributed by atoms with Crippen molar-refractivity contribution in [2.24, 2.45) is 0 Å². The van der Waals surface area contributed by atoms with Gasteiger partial charge in [-0.15, -0.1) is 0 Å². The van der Waals surface area contributed by atoms with E-state index in [0.717, 1.165) is 16.9 Å². The fourth-order valence-corrected chi connectivity index (χ4v) is 2.09. The van der Waals surface area contributed by atoms with Gasteiger partial charge in [-0.2, -0.15) is 0 Å². The largest absolute Gasteiger partial charge is 0.497 e. The van der Waals surface area contributed by atoms with Gasteiger partial charge in [-0.1, -0.05) is 29.5 Å². The van der Waals surface area contributed by atoms with Gasteiger partial charge < -0.3 is 19.3 Å². The zero-order valence-corrected chi connectivity index (χ0v) is 13.2. The van der Waals surface area contributed by atoms with E-state index in [-0.39, 0.29) is 6.10 Å². The number of aliphatic hydroxyl groups is 1. The molecule has 4 heteroatoms. The molecule has 1 heterocycles. The van der Waals surface area contributed by atoms with Crippen molar-refractivity contribution < 1.29 is 19.3 Å². The van der Waals surface area contributed by atoms with Gasteiger partial charge in [0.25, 0.3) is 0 Å². The summed E-state index contributed by atoms with van der Waals surface area (Å²) in [6.07, 6.45) is 0.754. The summed E-state index contributed by atoms with van der Waals surface area (Å²) >= 11 is 0. The summed E-state index contributed by atoms with van der Waals surface area (Å²) in [5.41, 5.74) is 2.00. The van der Waals surface area contributed by atoms with Crippen LogP contribution < -0.4 is 4.74 Å². The van der Waals surface area contributed by atoms with E-state index in [9.17, 15) is 5.11 Å². The minimum Gasteiger partial charge on any atom is -0.497 e. The third kappa shape index (κ3) is 4.60. The molecule has 1 fully saturated rings. The first-order valence-electron chi connectivity index (χ1n) is 7.33. The van der Waals surface area contributed by atoms with Crippen LogP contribution in [0, 0.1) is 11.8 Å². The monoisotopic (exact) mass is 302 g/mol. The predicted octanol–water partition coefficient (Wildman–Crippen LogP) is 2.83. The molecule has 0 bridgehead atoms. The second-order valence-electron chi connectivity index (χ2n) is 5.39. The predicted molar refractivity (Wildman–Crippen MR) is 84.4 cm³/mol. The van der Waals surface area contributed by atoms with Crippen molar-refractivity contribution in [3.8, 4) is 17.6 Å². The number of methoxy groups -OCH3 is 1. The maximum Gasteiger partial charge on any atom is 0.184 e. The molecular weight excluding hydrogens is 280 g/mol. The number of hydrogen-bond acceptors (Lipinski definition) is 4. The molecule has 0 aliphatic carbocycles. The van der Waals surface area contributed by atoms with Gasteiger partial charge in [0.05, 0.1) is 13.7 Å². The lowest BCUT2D eigenvalue weighted by Crippen LogP contribution is -2.35. The van der Waals surface area contributed by atoms with E-state index in [1.807, 2.05) is 38.1 Å². The zero-order valence-electron chi connectivity index (χ0n) is 13.2. The lowest BCUT2D eigenvalue weighted by Gasteiger charge is -2.31. The summed E-state index contributed by atoms with van der Waals surface area (Å²) in [5, 5.41) is 10.1. The van der Waals surface area contributed by atoms with Gasteiger partial charge in [0.2, 0.25) is 0 Å². The van der Waals surface area contributed by atoms with E-state index in [1.54, 1.807) is 13.2 Å². The summed E-state index contributed by atoms with van der Waals surface area (Å²) < 4.78 is 16.6. The topological polar surface area (TPSA) is 47.9 Å². The second kappa shape index (κ2) is 8.00. The SMILES string of the molecule is COc1ccc([C@H]2OCC[C@@H](C(O)C#CC=C(C)C)O2)cc1. The van der Waals surface area contributed by atoms with Crippen LogP contribution in [0.25, 0.3) is 0 Å². The van der Waals surface area contributed by atoms with Gasteiger partial charge in [0.1, 0.15) is 18.0 Å². The molecular formula is C18H22O4. The Bertz CT molecular complexity index is 561. The zero-order chi connectivity index (χ0) is 15.9. The second-order valence-corrected chi connectivity index (χ2v) is 5.39. The van der Waals surface area contributed by atoms with E-state index in [0.29, 0.717) is 13.0 Å². The van der Waals surface area contributed by atoms with Crippen molar-refractivity contribution in [2.75, 3.05) is 13.7 Å². The number of ether oxygens (including phenoxy) is 3. The van der Waals surface area contributed by atoms with E-state index in [2.05, 4.69) is 11.8 Å². The quantitative estimate of drug-likeness (QED) is 0.872. The number of hydrogen-bond donors (Lipinski definition) is 1.